The van der Waals surface area contributed by atoms with Gasteiger partial charge in [-0.1, -0.05) is 11.6 Å². The van der Waals surface area contributed by atoms with Gasteiger partial charge in [0.15, 0.2) is 0 Å². The smallest absolute Gasteiger partial charge is 0.257 e. The number of anilines is 2. The molecule has 108 valence electrons. The Morgan fingerprint density at radius 3 is 2.57 bits per heavy atom. The molecule has 2 aromatic rings. The van der Waals surface area contributed by atoms with Gasteiger partial charge in [0.1, 0.15) is 11.0 Å². The summed E-state index contributed by atoms with van der Waals surface area (Å²) in [6.45, 7) is 1.27. The number of hydrogen-bond acceptors (Lipinski definition) is 3. The van der Waals surface area contributed by atoms with Crippen LogP contribution in [0.1, 0.15) is 17.3 Å². The number of benzene rings is 1. The molecule has 2 amide bonds. The molecule has 0 aliphatic carbocycles. The van der Waals surface area contributed by atoms with Crippen molar-refractivity contribution in [1.29, 1.82) is 0 Å². The van der Waals surface area contributed by atoms with E-state index >= 15 is 0 Å². The lowest BCUT2D eigenvalue weighted by Gasteiger charge is -2.09. The highest BCUT2D eigenvalue weighted by Gasteiger charge is 2.09. The van der Waals surface area contributed by atoms with Crippen LogP contribution in [0.4, 0.5) is 15.8 Å². The Hall–Kier alpha value is -2.47. The van der Waals surface area contributed by atoms with Crippen molar-refractivity contribution in [2.24, 2.45) is 0 Å². The minimum atomic E-state index is -0.587. The minimum absolute atomic E-state index is 0.00506. The zero-order valence-electron chi connectivity index (χ0n) is 11.0. The summed E-state index contributed by atoms with van der Waals surface area (Å²) in [7, 11) is 0. The first-order chi connectivity index (χ1) is 9.95. The fraction of sp³-hybridized carbons (Fsp3) is 0.0714. The van der Waals surface area contributed by atoms with Crippen LogP contribution >= 0.6 is 11.6 Å². The van der Waals surface area contributed by atoms with Crippen molar-refractivity contribution in [2.75, 3.05) is 10.6 Å². The van der Waals surface area contributed by atoms with Crippen LogP contribution in [-0.4, -0.2) is 16.8 Å². The standard InChI is InChI=1S/C14H11ClFN3O2/c1-8(20)18-12-6-10(3-4-11(12)16)19-14(21)9-2-5-13(15)17-7-9/h2-7H,1H3,(H,18,20)(H,19,21). The third kappa shape index (κ3) is 4.00. The van der Waals surface area contributed by atoms with Crippen LogP contribution in [0.5, 0.6) is 0 Å². The normalized spacial score (nSPS) is 10.0. The summed E-state index contributed by atoms with van der Waals surface area (Å²) in [5, 5.41) is 5.20. The lowest BCUT2D eigenvalue weighted by molar-refractivity contribution is -0.114. The zero-order chi connectivity index (χ0) is 15.4. The summed E-state index contributed by atoms with van der Waals surface area (Å²) in [5.74, 6) is -1.41. The molecule has 2 N–H and O–H groups in total. The van der Waals surface area contributed by atoms with Crippen LogP contribution in [0.15, 0.2) is 36.5 Å². The number of halogens is 2. The number of carbonyl (C=O) groups excluding carboxylic acids is 2. The van der Waals surface area contributed by atoms with E-state index in [1.54, 1.807) is 0 Å². The first kappa shape index (κ1) is 14.9. The largest absolute Gasteiger partial charge is 0.324 e. The van der Waals surface area contributed by atoms with Gasteiger partial charge in [0.25, 0.3) is 5.91 Å². The van der Waals surface area contributed by atoms with E-state index < -0.39 is 17.6 Å². The summed E-state index contributed by atoms with van der Waals surface area (Å²) < 4.78 is 13.5. The molecule has 0 atom stereocenters. The van der Waals surface area contributed by atoms with Gasteiger partial charge in [0, 0.05) is 18.8 Å². The second kappa shape index (κ2) is 6.32. The first-order valence-electron chi connectivity index (χ1n) is 5.96. The summed E-state index contributed by atoms with van der Waals surface area (Å²) in [4.78, 5) is 26.7. The number of nitrogens with one attached hydrogen (secondary N) is 2. The summed E-state index contributed by atoms with van der Waals surface area (Å²) in [6, 6.07) is 6.88. The number of pyridine rings is 1. The van der Waals surface area contributed by atoms with E-state index in [0.29, 0.717) is 11.3 Å². The van der Waals surface area contributed by atoms with Gasteiger partial charge < -0.3 is 10.6 Å². The van der Waals surface area contributed by atoms with Crippen molar-refractivity contribution in [3.8, 4) is 0 Å². The third-order valence-corrected chi connectivity index (χ3v) is 2.75. The number of aromatic nitrogens is 1. The Kier molecular flexibility index (Phi) is 4.49. The topological polar surface area (TPSA) is 71.1 Å². The molecule has 0 unspecified atom stereocenters. The monoisotopic (exact) mass is 307 g/mol. The number of amides is 2. The van der Waals surface area contributed by atoms with Crippen LogP contribution in [0, 0.1) is 5.82 Å². The maximum atomic E-state index is 13.5. The van der Waals surface area contributed by atoms with Gasteiger partial charge in [0.05, 0.1) is 11.3 Å². The maximum Gasteiger partial charge on any atom is 0.257 e. The van der Waals surface area contributed by atoms with E-state index in [1.807, 2.05) is 0 Å². The van der Waals surface area contributed by atoms with Gasteiger partial charge in [-0.15, -0.1) is 0 Å². The van der Waals surface area contributed by atoms with Gasteiger partial charge in [-0.2, -0.15) is 0 Å². The second-order valence-corrected chi connectivity index (χ2v) is 4.59. The van der Waals surface area contributed by atoms with Crippen LogP contribution < -0.4 is 10.6 Å². The van der Waals surface area contributed by atoms with Gasteiger partial charge in [0.2, 0.25) is 5.91 Å². The highest BCUT2D eigenvalue weighted by Crippen LogP contribution is 2.20. The Morgan fingerprint density at radius 2 is 1.95 bits per heavy atom. The first-order valence-corrected chi connectivity index (χ1v) is 6.33. The molecule has 7 heteroatoms. The molecule has 0 saturated heterocycles. The van der Waals surface area contributed by atoms with Crippen molar-refractivity contribution in [1.82, 2.24) is 4.98 Å². The molecule has 0 spiro atoms. The molecule has 0 aliphatic heterocycles. The quantitative estimate of drug-likeness (QED) is 0.856. The van der Waals surface area contributed by atoms with E-state index in [9.17, 15) is 14.0 Å². The van der Waals surface area contributed by atoms with Crippen molar-refractivity contribution in [3.05, 3.63) is 53.1 Å². The highest BCUT2D eigenvalue weighted by atomic mass is 35.5. The van der Waals surface area contributed by atoms with Gasteiger partial charge in [-0.05, 0) is 30.3 Å². The Bertz CT molecular complexity index is 689. The second-order valence-electron chi connectivity index (χ2n) is 4.20. The summed E-state index contributed by atoms with van der Waals surface area (Å²) >= 11 is 5.64. The lowest BCUT2D eigenvalue weighted by atomic mass is 10.2. The Morgan fingerprint density at radius 1 is 1.19 bits per heavy atom. The average molecular weight is 308 g/mol. The molecule has 0 fully saturated rings. The molecule has 0 radical (unpaired) electrons. The maximum absolute atomic E-state index is 13.5. The molecular weight excluding hydrogens is 297 g/mol. The van der Waals surface area contributed by atoms with E-state index in [0.717, 1.165) is 6.07 Å². The van der Waals surface area contributed by atoms with Crippen LogP contribution in [0.25, 0.3) is 0 Å². The van der Waals surface area contributed by atoms with E-state index in [4.69, 9.17) is 11.6 Å². The Balaban J connectivity index is 2.17. The fourth-order valence-corrected chi connectivity index (χ4v) is 1.71. The zero-order valence-corrected chi connectivity index (χ0v) is 11.7. The van der Waals surface area contributed by atoms with Gasteiger partial charge >= 0.3 is 0 Å². The average Bonchev–Trinajstić information content (AvgIpc) is 2.42. The van der Waals surface area contributed by atoms with E-state index in [2.05, 4.69) is 15.6 Å². The predicted molar refractivity (Wildman–Crippen MR) is 77.9 cm³/mol. The number of hydrogen-bond donors (Lipinski definition) is 2. The van der Waals surface area contributed by atoms with Crippen LogP contribution in [0.3, 0.4) is 0 Å². The summed E-state index contributed by atoms with van der Waals surface area (Å²) in [6.07, 6.45) is 1.33. The molecule has 0 aliphatic rings. The molecule has 0 saturated carbocycles. The SMILES string of the molecule is CC(=O)Nc1cc(NC(=O)c2ccc(Cl)nc2)ccc1F. The van der Waals surface area contributed by atoms with Crippen molar-refractivity contribution in [3.63, 3.8) is 0 Å². The van der Waals surface area contributed by atoms with Gasteiger partial charge in [-0.25, -0.2) is 9.37 Å². The molecule has 0 bridgehead atoms. The molecule has 2 rings (SSSR count). The van der Waals surface area contributed by atoms with Crippen molar-refractivity contribution in [2.45, 2.75) is 6.92 Å². The lowest BCUT2D eigenvalue weighted by Crippen LogP contribution is -2.13. The summed E-state index contributed by atoms with van der Waals surface area (Å²) in [5.41, 5.74) is 0.652. The van der Waals surface area contributed by atoms with E-state index in [-0.39, 0.29) is 10.8 Å². The third-order valence-electron chi connectivity index (χ3n) is 2.52. The number of rotatable bonds is 3. The predicted octanol–water partition coefficient (Wildman–Crippen LogP) is 3.08. The van der Waals surface area contributed by atoms with E-state index in [1.165, 1.54) is 37.4 Å². The Labute approximate surface area is 125 Å². The van der Waals surface area contributed by atoms with Crippen LogP contribution in [-0.2, 0) is 4.79 Å². The highest BCUT2D eigenvalue weighted by molar-refractivity contribution is 6.29. The number of carbonyl (C=O) groups is 2. The van der Waals surface area contributed by atoms with Crippen molar-refractivity contribution >= 4 is 34.8 Å². The fourth-order valence-electron chi connectivity index (χ4n) is 1.60. The molecule has 5 nitrogen and oxygen atoms in total. The van der Waals surface area contributed by atoms with Crippen molar-refractivity contribution < 1.29 is 14.0 Å². The molecule has 21 heavy (non-hydrogen) atoms. The molecule has 1 heterocycles. The minimum Gasteiger partial charge on any atom is -0.324 e. The molecule has 1 aromatic carbocycles. The number of nitrogens with zero attached hydrogens (tertiary/aromatic N) is 1. The van der Waals surface area contributed by atoms with Gasteiger partial charge in [-0.3, -0.25) is 9.59 Å². The van der Waals surface area contributed by atoms with Crippen LogP contribution in [0.2, 0.25) is 5.15 Å². The molecule has 1 aromatic heterocycles. The molecular formula is C14H11ClFN3O2.